The summed E-state index contributed by atoms with van der Waals surface area (Å²) in [6, 6.07) is 10.8. The lowest BCUT2D eigenvalue weighted by atomic mass is 9.95. The fourth-order valence-corrected chi connectivity index (χ4v) is 3.68. The van der Waals surface area contributed by atoms with Crippen molar-refractivity contribution in [3.63, 3.8) is 0 Å². The maximum absolute atomic E-state index is 13.2. The first-order valence-electron chi connectivity index (χ1n) is 10.9. The maximum atomic E-state index is 13.2. The Morgan fingerprint density at radius 3 is 2.29 bits per heavy atom. The van der Waals surface area contributed by atoms with E-state index >= 15 is 0 Å². The second-order valence-corrected chi connectivity index (χ2v) is 7.80. The number of hydrogen-bond acceptors (Lipinski definition) is 5. The van der Waals surface area contributed by atoms with Gasteiger partial charge in [-0.05, 0) is 62.1 Å². The monoisotopic (exact) mass is 478 g/mol. The van der Waals surface area contributed by atoms with Crippen molar-refractivity contribution in [2.75, 3.05) is 26.2 Å². The van der Waals surface area contributed by atoms with Crippen LogP contribution in [0.15, 0.2) is 48.5 Å². The highest BCUT2D eigenvalue weighted by Crippen LogP contribution is 2.33. The molecule has 0 spiro atoms. The van der Waals surface area contributed by atoms with Crippen LogP contribution in [0.3, 0.4) is 0 Å². The summed E-state index contributed by atoms with van der Waals surface area (Å²) in [4.78, 5) is 37.8. The Bertz CT molecular complexity index is 1020. The van der Waals surface area contributed by atoms with E-state index < -0.39 is 23.8 Å². The Hall–Kier alpha value is -3.56. The molecular formula is C24H25F3N2O5. The molecule has 0 bridgehead atoms. The number of nitrogens with zero attached hydrogens (tertiary/aromatic N) is 1. The number of rotatable bonds is 6. The van der Waals surface area contributed by atoms with Gasteiger partial charge in [0.15, 0.2) is 0 Å². The molecule has 0 unspecified atom stereocenters. The van der Waals surface area contributed by atoms with Gasteiger partial charge in [0, 0.05) is 25.2 Å². The number of halogens is 3. The first-order valence-corrected chi connectivity index (χ1v) is 10.9. The van der Waals surface area contributed by atoms with Crippen molar-refractivity contribution in [3.05, 3.63) is 65.2 Å². The Morgan fingerprint density at radius 1 is 1.03 bits per heavy atom. The van der Waals surface area contributed by atoms with E-state index in [0.29, 0.717) is 38.0 Å². The van der Waals surface area contributed by atoms with Crippen molar-refractivity contribution in [2.45, 2.75) is 25.9 Å². The second-order valence-electron chi connectivity index (χ2n) is 7.80. The van der Waals surface area contributed by atoms with Gasteiger partial charge < -0.3 is 19.7 Å². The van der Waals surface area contributed by atoms with E-state index in [9.17, 15) is 27.6 Å². The molecular weight excluding hydrogens is 453 g/mol. The quantitative estimate of drug-likeness (QED) is 0.487. The number of hydrogen-bond donors (Lipinski definition) is 1. The number of amides is 2. The molecule has 182 valence electrons. The van der Waals surface area contributed by atoms with Gasteiger partial charge >= 0.3 is 12.3 Å². The smallest absolute Gasteiger partial charge is 0.434 e. The average Bonchev–Trinajstić information content (AvgIpc) is 2.82. The molecule has 34 heavy (non-hydrogen) atoms. The van der Waals surface area contributed by atoms with E-state index in [1.165, 1.54) is 47.4 Å². The average molecular weight is 478 g/mol. The lowest BCUT2D eigenvalue weighted by Crippen LogP contribution is -2.42. The van der Waals surface area contributed by atoms with Crippen LogP contribution < -0.4 is 10.1 Å². The van der Waals surface area contributed by atoms with Crippen LogP contribution in [0.1, 0.15) is 46.0 Å². The summed E-state index contributed by atoms with van der Waals surface area (Å²) in [5.74, 6) is -0.600. The highest BCUT2D eigenvalue weighted by molar-refractivity contribution is 5.96. The predicted molar refractivity (Wildman–Crippen MR) is 116 cm³/mol. The van der Waals surface area contributed by atoms with Crippen LogP contribution in [0.25, 0.3) is 0 Å². The Kier molecular flexibility index (Phi) is 8.14. The number of carbonyl (C=O) groups is 3. The molecule has 0 saturated carbocycles. The predicted octanol–water partition coefficient (Wildman–Crippen LogP) is 4.52. The van der Waals surface area contributed by atoms with E-state index in [1.54, 1.807) is 6.92 Å². The zero-order chi connectivity index (χ0) is 24.7. The molecule has 1 saturated heterocycles. The SMILES string of the molecule is CCOC(=O)Oc1ccc(C(=O)NCC2CCN(C(=O)c3ccccc3C(F)(F)F)CC2)cc1. The molecule has 1 heterocycles. The lowest BCUT2D eigenvalue weighted by Gasteiger charge is -2.32. The third-order valence-corrected chi connectivity index (χ3v) is 5.50. The van der Waals surface area contributed by atoms with Gasteiger partial charge in [-0.25, -0.2) is 4.79 Å². The highest BCUT2D eigenvalue weighted by atomic mass is 19.4. The molecule has 2 amide bonds. The summed E-state index contributed by atoms with van der Waals surface area (Å²) >= 11 is 0. The van der Waals surface area contributed by atoms with Gasteiger partial charge in [-0.3, -0.25) is 9.59 Å². The highest BCUT2D eigenvalue weighted by Gasteiger charge is 2.36. The lowest BCUT2D eigenvalue weighted by molar-refractivity contribution is -0.138. The Balaban J connectivity index is 1.48. The molecule has 7 nitrogen and oxygen atoms in total. The minimum atomic E-state index is -4.60. The molecule has 0 aliphatic carbocycles. The van der Waals surface area contributed by atoms with Crippen molar-refractivity contribution < 1.29 is 37.0 Å². The molecule has 3 rings (SSSR count). The number of alkyl halides is 3. The molecule has 10 heteroatoms. The third kappa shape index (κ3) is 6.49. The zero-order valence-electron chi connectivity index (χ0n) is 18.6. The topological polar surface area (TPSA) is 84.9 Å². The van der Waals surface area contributed by atoms with Crippen LogP contribution >= 0.6 is 0 Å². The molecule has 0 aromatic heterocycles. The number of likely N-dealkylation sites (tertiary alicyclic amines) is 1. The Morgan fingerprint density at radius 2 is 1.68 bits per heavy atom. The third-order valence-electron chi connectivity index (χ3n) is 5.50. The summed E-state index contributed by atoms with van der Waals surface area (Å²) < 4.78 is 49.3. The summed E-state index contributed by atoms with van der Waals surface area (Å²) in [6.45, 7) is 2.84. The van der Waals surface area contributed by atoms with Crippen molar-refractivity contribution in [1.29, 1.82) is 0 Å². The van der Waals surface area contributed by atoms with Gasteiger partial charge in [0.05, 0.1) is 17.7 Å². The van der Waals surface area contributed by atoms with Crippen molar-refractivity contribution in [2.24, 2.45) is 5.92 Å². The largest absolute Gasteiger partial charge is 0.513 e. The van der Waals surface area contributed by atoms with E-state index in [4.69, 9.17) is 4.74 Å². The molecule has 1 N–H and O–H groups in total. The van der Waals surface area contributed by atoms with Gasteiger partial charge in [-0.15, -0.1) is 0 Å². The molecule has 2 aromatic carbocycles. The van der Waals surface area contributed by atoms with E-state index in [0.717, 1.165) is 6.07 Å². The van der Waals surface area contributed by atoms with Crippen molar-refractivity contribution in [1.82, 2.24) is 10.2 Å². The van der Waals surface area contributed by atoms with E-state index in [2.05, 4.69) is 10.1 Å². The van der Waals surface area contributed by atoms with Crippen LogP contribution in [0.2, 0.25) is 0 Å². The first-order chi connectivity index (χ1) is 16.2. The number of benzene rings is 2. The summed E-state index contributed by atoms with van der Waals surface area (Å²) in [5, 5.41) is 2.83. The van der Waals surface area contributed by atoms with Gasteiger partial charge in [-0.2, -0.15) is 13.2 Å². The van der Waals surface area contributed by atoms with Crippen LogP contribution in [0.5, 0.6) is 5.75 Å². The standard InChI is InChI=1S/C24H25F3N2O5/c1-2-33-23(32)34-18-9-7-17(8-10-18)21(30)28-15-16-11-13-29(14-12-16)22(31)19-5-3-4-6-20(19)24(25,26)27/h3-10,16H,2,11-15H2,1H3,(H,28,30). The van der Waals surface area contributed by atoms with Gasteiger partial charge in [-0.1, -0.05) is 12.1 Å². The van der Waals surface area contributed by atoms with Crippen molar-refractivity contribution >= 4 is 18.0 Å². The first kappa shape index (κ1) is 25.1. The number of ether oxygens (including phenoxy) is 2. The van der Waals surface area contributed by atoms with E-state index in [1.807, 2.05) is 0 Å². The van der Waals surface area contributed by atoms with Crippen LogP contribution in [-0.2, 0) is 10.9 Å². The number of nitrogens with one attached hydrogen (secondary N) is 1. The minimum Gasteiger partial charge on any atom is -0.434 e. The molecule has 1 aliphatic heterocycles. The molecule has 1 fully saturated rings. The van der Waals surface area contributed by atoms with Crippen LogP contribution in [0.4, 0.5) is 18.0 Å². The molecule has 0 atom stereocenters. The van der Waals surface area contributed by atoms with Gasteiger partial charge in [0.2, 0.25) is 0 Å². The number of piperidine rings is 1. The summed E-state index contributed by atoms with van der Waals surface area (Å²) in [7, 11) is 0. The van der Waals surface area contributed by atoms with E-state index in [-0.39, 0.29) is 29.7 Å². The molecule has 1 aliphatic rings. The van der Waals surface area contributed by atoms with Crippen LogP contribution in [0, 0.1) is 5.92 Å². The van der Waals surface area contributed by atoms with Crippen molar-refractivity contribution in [3.8, 4) is 5.75 Å². The molecule has 0 radical (unpaired) electrons. The fourth-order valence-electron chi connectivity index (χ4n) is 3.68. The summed E-state index contributed by atoms with van der Waals surface area (Å²) in [6.07, 6.45) is -4.30. The zero-order valence-corrected chi connectivity index (χ0v) is 18.6. The van der Waals surface area contributed by atoms with Gasteiger partial charge in [0.25, 0.3) is 11.8 Å². The molecule has 2 aromatic rings. The normalized spacial score (nSPS) is 14.4. The second kappa shape index (κ2) is 11.0. The van der Waals surface area contributed by atoms with Crippen LogP contribution in [-0.4, -0.2) is 49.1 Å². The van der Waals surface area contributed by atoms with Gasteiger partial charge in [0.1, 0.15) is 5.75 Å². The minimum absolute atomic E-state index is 0.0947. The maximum Gasteiger partial charge on any atom is 0.513 e. The number of carbonyl (C=O) groups excluding carboxylic acids is 3. The fraction of sp³-hybridized carbons (Fsp3) is 0.375. The Labute approximate surface area is 194 Å². The summed E-state index contributed by atoms with van der Waals surface area (Å²) in [5.41, 5.74) is -0.905.